The molecule has 0 radical (unpaired) electrons. The van der Waals surface area contributed by atoms with Crippen LogP contribution in [-0.2, 0) is 0 Å². The van der Waals surface area contributed by atoms with Gasteiger partial charge in [0.25, 0.3) is 0 Å². The molecule has 0 nitrogen and oxygen atoms in total. The van der Waals surface area contributed by atoms with Gasteiger partial charge >= 0.3 is 0 Å². The van der Waals surface area contributed by atoms with Crippen LogP contribution >= 0.6 is 0 Å². The molecule has 0 aromatic carbocycles. The Morgan fingerprint density at radius 2 is 2.08 bits per heavy atom. The maximum Gasteiger partial charge on any atom is 0.0541 e. The van der Waals surface area contributed by atoms with Gasteiger partial charge in [0.2, 0.25) is 0 Å². The first-order valence-corrected chi connectivity index (χ1v) is 5.06. The highest BCUT2D eigenvalue weighted by Crippen LogP contribution is 2.41. The smallest absolute Gasteiger partial charge is 0.0541 e. The lowest BCUT2D eigenvalue weighted by Crippen LogP contribution is -2.17. The number of hydrogen-bond donors (Lipinski definition) is 0. The van der Waals surface area contributed by atoms with Crippen LogP contribution < -0.4 is 0 Å². The van der Waals surface area contributed by atoms with E-state index in [1.54, 1.807) is 0 Å². The van der Waals surface area contributed by atoms with E-state index < -0.39 is 0 Å². The van der Waals surface area contributed by atoms with Crippen LogP contribution in [0.1, 0.15) is 48.2 Å². The van der Waals surface area contributed by atoms with Crippen molar-refractivity contribution in [1.29, 1.82) is 0 Å². The van der Waals surface area contributed by atoms with Gasteiger partial charge in [0.05, 0.1) is 2.74 Å². The predicted octanol–water partition coefficient (Wildman–Crippen LogP) is 3.84. The summed E-state index contributed by atoms with van der Waals surface area (Å²) in [5.74, 6) is 0.679. The Hall–Kier alpha value is -0.520. The first-order chi connectivity index (χ1) is 6.70. The van der Waals surface area contributed by atoms with Crippen LogP contribution in [0, 0.1) is 5.92 Å². The van der Waals surface area contributed by atoms with Crippen molar-refractivity contribution >= 4 is 0 Å². The van der Waals surface area contributed by atoms with E-state index in [0.717, 1.165) is 12.0 Å². The summed E-state index contributed by atoms with van der Waals surface area (Å²) in [6, 6.07) is 0. The standard InChI is InChI=1S/C12H18/c1-9-5-3-7-11-8-4-6-10(2)12(9)11/h11H,1,3-8H2,2H3/i1D2. The summed E-state index contributed by atoms with van der Waals surface area (Å²) < 4.78 is 15.0. The van der Waals surface area contributed by atoms with E-state index in [1.165, 1.54) is 43.3 Å². The maximum atomic E-state index is 7.50. The van der Waals surface area contributed by atoms with Crippen molar-refractivity contribution in [2.24, 2.45) is 5.92 Å². The van der Waals surface area contributed by atoms with E-state index in [2.05, 4.69) is 6.92 Å². The molecule has 2 rings (SSSR count). The third-order valence-corrected chi connectivity index (χ3v) is 3.28. The first kappa shape index (κ1) is 6.01. The molecular formula is C12H18. The van der Waals surface area contributed by atoms with E-state index in [1.807, 2.05) is 0 Å². The SMILES string of the molecule is [2H]C([2H])=C1CCCC2CCCC(C)=C12. The number of hydrogen-bond acceptors (Lipinski definition) is 0. The molecular weight excluding hydrogens is 144 g/mol. The van der Waals surface area contributed by atoms with Crippen molar-refractivity contribution in [3.8, 4) is 0 Å². The molecule has 0 saturated heterocycles. The Bertz CT molecular complexity index is 295. The Balaban J connectivity index is 2.41. The van der Waals surface area contributed by atoms with Gasteiger partial charge in [-0.2, -0.15) is 0 Å². The Morgan fingerprint density at radius 3 is 2.83 bits per heavy atom. The van der Waals surface area contributed by atoms with Crippen molar-refractivity contribution in [2.45, 2.75) is 45.4 Å². The monoisotopic (exact) mass is 164 g/mol. The molecule has 0 aromatic heterocycles. The van der Waals surface area contributed by atoms with Gasteiger partial charge in [-0.1, -0.05) is 17.7 Å². The van der Waals surface area contributed by atoms with E-state index in [9.17, 15) is 0 Å². The van der Waals surface area contributed by atoms with Gasteiger partial charge in [-0.3, -0.25) is 0 Å². The van der Waals surface area contributed by atoms with Crippen LogP contribution in [0.25, 0.3) is 0 Å². The van der Waals surface area contributed by atoms with Crippen LogP contribution in [0.2, 0.25) is 0 Å². The molecule has 1 fully saturated rings. The topological polar surface area (TPSA) is 0 Å². The van der Waals surface area contributed by atoms with Crippen molar-refractivity contribution in [3.63, 3.8) is 0 Å². The van der Waals surface area contributed by atoms with Crippen molar-refractivity contribution in [1.82, 2.24) is 0 Å². The lowest BCUT2D eigenvalue weighted by atomic mass is 9.73. The van der Waals surface area contributed by atoms with Gasteiger partial charge in [-0.15, -0.1) is 0 Å². The fourth-order valence-electron chi connectivity index (χ4n) is 2.69. The zero-order chi connectivity index (χ0) is 10.1. The molecule has 2 aliphatic carbocycles. The number of fused-ring (bicyclic) bond motifs is 1. The van der Waals surface area contributed by atoms with Gasteiger partial charge in [-0.05, 0) is 56.9 Å². The molecule has 0 aliphatic heterocycles. The van der Waals surface area contributed by atoms with Crippen LogP contribution in [0.15, 0.2) is 23.3 Å². The van der Waals surface area contributed by atoms with E-state index in [0.29, 0.717) is 5.92 Å². The molecule has 1 unspecified atom stereocenters. The second-order valence-corrected chi connectivity index (χ2v) is 4.15. The molecule has 0 heterocycles. The third kappa shape index (κ3) is 1.24. The summed E-state index contributed by atoms with van der Waals surface area (Å²) in [5.41, 5.74) is 3.88. The summed E-state index contributed by atoms with van der Waals surface area (Å²) in [6.07, 6.45) is 7.19. The third-order valence-electron chi connectivity index (χ3n) is 3.28. The molecule has 0 heteroatoms. The van der Waals surface area contributed by atoms with Crippen molar-refractivity contribution in [3.05, 3.63) is 23.3 Å². The Labute approximate surface area is 78.2 Å². The normalized spacial score (nSPS) is 32.4. The molecule has 12 heavy (non-hydrogen) atoms. The summed E-state index contributed by atoms with van der Waals surface area (Å²) in [7, 11) is 0. The molecule has 2 aliphatic rings. The van der Waals surface area contributed by atoms with Crippen LogP contribution in [-0.4, -0.2) is 0 Å². The maximum absolute atomic E-state index is 7.50. The van der Waals surface area contributed by atoms with Crippen LogP contribution in [0.3, 0.4) is 0 Å². The molecule has 0 spiro atoms. The quantitative estimate of drug-likeness (QED) is 0.510. The fraction of sp³-hybridized carbons (Fsp3) is 0.667. The van der Waals surface area contributed by atoms with Crippen molar-refractivity contribution in [2.75, 3.05) is 0 Å². The van der Waals surface area contributed by atoms with E-state index >= 15 is 0 Å². The second-order valence-electron chi connectivity index (χ2n) is 4.15. The minimum absolute atomic E-state index is 0.0611. The van der Waals surface area contributed by atoms with Gasteiger partial charge in [0.15, 0.2) is 0 Å². The summed E-state index contributed by atoms with van der Waals surface area (Å²) in [6.45, 7) is 2.25. The molecule has 1 saturated carbocycles. The molecule has 0 amide bonds. The average Bonchev–Trinajstić information content (AvgIpc) is 2.17. The highest BCUT2D eigenvalue weighted by atomic mass is 14.3. The lowest BCUT2D eigenvalue weighted by molar-refractivity contribution is 0.430. The van der Waals surface area contributed by atoms with E-state index in [4.69, 9.17) is 2.74 Å². The van der Waals surface area contributed by atoms with Gasteiger partial charge in [-0.25, -0.2) is 0 Å². The Morgan fingerprint density at radius 1 is 1.33 bits per heavy atom. The average molecular weight is 164 g/mol. The van der Waals surface area contributed by atoms with E-state index in [-0.39, 0.29) is 6.53 Å². The Kier molecular flexibility index (Phi) is 1.54. The van der Waals surface area contributed by atoms with Crippen LogP contribution in [0.5, 0.6) is 0 Å². The molecule has 0 aromatic rings. The first-order valence-electron chi connectivity index (χ1n) is 6.06. The minimum Gasteiger partial charge on any atom is -0.0955 e. The van der Waals surface area contributed by atoms with Gasteiger partial charge in [0.1, 0.15) is 0 Å². The lowest BCUT2D eigenvalue weighted by Gasteiger charge is -2.33. The number of rotatable bonds is 0. The molecule has 0 bridgehead atoms. The van der Waals surface area contributed by atoms with Gasteiger partial charge < -0.3 is 0 Å². The fourth-order valence-corrected chi connectivity index (χ4v) is 2.69. The van der Waals surface area contributed by atoms with Gasteiger partial charge in [0, 0.05) is 0 Å². The molecule has 66 valence electrons. The predicted molar refractivity (Wildman–Crippen MR) is 53.0 cm³/mol. The summed E-state index contributed by atoms with van der Waals surface area (Å²) in [5, 5.41) is 0. The minimum atomic E-state index is 0.0611. The zero-order valence-corrected chi connectivity index (χ0v) is 7.82. The largest absolute Gasteiger partial charge is 0.0955 e. The van der Waals surface area contributed by atoms with Crippen molar-refractivity contribution < 1.29 is 2.74 Å². The molecule has 1 atom stereocenters. The summed E-state index contributed by atoms with van der Waals surface area (Å²) in [4.78, 5) is 0. The zero-order valence-electron chi connectivity index (χ0n) is 9.82. The molecule has 0 N–H and O–H groups in total. The highest BCUT2D eigenvalue weighted by molar-refractivity contribution is 5.37. The summed E-state index contributed by atoms with van der Waals surface area (Å²) >= 11 is 0. The van der Waals surface area contributed by atoms with Crippen LogP contribution in [0.4, 0.5) is 0 Å². The highest BCUT2D eigenvalue weighted by Gasteiger charge is 2.25. The number of allylic oxidation sites excluding steroid dienone is 3. The second kappa shape index (κ2) is 3.08.